The summed E-state index contributed by atoms with van der Waals surface area (Å²) in [6, 6.07) is 4.40. The van der Waals surface area contributed by atoms with Crippen LogP contribution in [0.5, 0.6) is 34.5 Å². The van der Waals surface area contributed by atoms with Crippen molar-refractivity contribution in [2.24, 2.45) is 0 Å². The van der Waals surface area contributed by atoms with Crippen LogP contribution in [0.25, 0.3) is 0 Å². The van der Waals surface area contributed by atoms with Crippen molar-refractivity contribution in [3.8, 4) is 34.5 Å². The van der Waals surface area contributed by atoms with E-state index in [1.54, 1.807) is 0 Å². The molecule has 0 aromatic heterocycles. The van der Waals surface area contributed by atoms with E-state index in [2.05, 4.69) is 0 Å². The minimum absolute atomic E-state index is 0.0668. The van der Waals surface area contributed by atoms with Crippen LogP contribution in [0.3, 0.4) is 0 Å². The Morgan fingerprint density at radius 1 is 0.958 bits per heavy atom. The predicted molar refractivity (Wildman–Crippen MR) is 79.7 cm³/mol. The number of hydrogen-bond donors (Lipinski definition) is 5. The van der Waals surface area contributed by atoms with Gasteiger partial charge in [0.25, 0.3) is 0 Å². The highest BCUT2D eigenvalue weighted by atomic mass is 16.5. The highest BCUT2D eigenvalue weighted by Gasteiger charge is 2.41. The number of carbonyl (C=O) groups excluding carboxylic acids is 1. The first-order chi connectivity index (χ1) is 11.3. The van der Waals surface area contributed by atoms with E-state index in [1.165, 1.54) is 7.11 Å². The summed E-state index contributed by atoms with van der Waals surface area (Å²) in [5.74, 6) is -3.31. The lowest BCUT2D eigenvalue weighted by Crippen LogP contribution is -2.37. The number of rotatable bonds is 2. The molecule has 1 aliphatic rings. The minimum atomic E-state index is -1.17. The summed E-state index contributed by atoms with van der Waals surface area (Å²) >= 11 is 0. The average Bonchev–Trinajstić information content (AvgIpc) is 2.51. The summed E-state index contributed by atoms with van der Waals surface area (Å²) in [6.45, 7) is 0. The number of methoxy groups -OCH3 is 1. The van der Waals surface area contributed by atoms with Gasteiger partial charge in [-0.3, -0.25) is 4.79 Å². The van der Waals surface area contributed by atoms with E-state index in [0.717, 1.165) is 24.3 Å². The fraction of sp³-hybridized carbons (Fsp3) is 0.188. The van der Waals surface area contributed by atoms with Gasteiger partial charge in [0, 0.05) is 24.8 Å². The summed E-state index contributed by atoms with van der Waals surface area (Å²) in [5, 5.41) is 48.2. The maximum atomic E-state index is 12.6. The molecule has 0 aliphatic carbocycles. The number of phenols is 5. The number of benzene rings is 2. The smallest absolute Gasteiger partial charge is 0.203 e. The number of ether oxygens (including phenoxy) is 2. The Kier molecular flexibility index (Phi) is 3.61. The zero-order chi connectivity index (χ0) is 17.6. The van der Waals surface area contributed by atoms with Crippen LogP contribution in [0.1, 0.15) is 22.0 Å². The Hall–Kier alpha value is -3.13. The van der Waals surface area contributed by atoms with Gasteiger partial charge in [-0.05, 0) is 12.1 Å². The largest absolute Gasteiger partial charge is 0.508 e. The molecule has 5 N–H and O–H groups in total. The molecule has 1 aliphatic heterocycles. The molecule has 2 aromatic carbocycles. The van der Waals surface area contributed by atoms with E-state index in [4.69, 9.17) is 9.47 Å². The molecule has 0 amide bonds. The van der Waals surface area contributed by atoms with Crippen molar-refractivity contribution in [2.75, 3.05) is 7.11 Å². The molecule has 24 heavy (non-hydrogen) atoms. The Balaban J connectivity index is 2.14. The molecule has 3 rings (SSSR count). The molecule has 0 fully saturated rings. The summed E-state index contributed by atoms with van der Waals surface area (Å²) in [7, 11) is 1.27. The number of carbonyl (C=O) groups is 1. The summed E-state index contributed by atoms with van der Waals surface area (Å²) in [4.78, 5) is 12.6. The van der Waals surface area contributed by atoms with Crippen molar-refractivity contribution in [3.05, 3.63) is 35.4 Å². The van der Waals surface area contributed by atoms with E-state index < -0.39 is 41.0 Å². The van der Waals surface area contributed by atoms with Crippen LogP contribution in [0, 0.1) is 0 Å². The molecule has 0 saturated heterocycles. The molecule has 2 aromatic rings. The fourth-order valence-corrected chi connectivity index (χ4v) is 2.67. The molecule has 0 saturated carbocycles. The molecular weight excluding hydrogens is 320 g/mol. The standard InChI is InChI=1S/C16H14O8/c1-23-16-14(22)12-8(18)4-7(17)5-11(12)24-15(16)6-2-9(19)13(21)10(20)3-6/h2-5,15-21H,1H3. The van der Waals surface area contributed by atoms with Gasteiger partial charge in [-0.25, -0.2) is 0 Å². The van der Waals surface area contributed by atoms with Crippen molar-refractivity contribution >= 4 is 5.78 Å². The fourth-order valence-electron chi connectivity index (χ4n) is 2.67. The normalized spacial score (nSPS) is 19.6. The van der Waals surface area contributed by atoms with Crippen LogP contribution in [0.4, 0.5) is 0 Å². The van der Waals surface area contributed by atoms with Gasteiger partial charge in [-0.15, -0.1) is 0 Å². The average molecular weight is 334 g/mol. The predicted octanol–water partition coefficient (Wildman–Crippen LogP) is 1.55. The molecule has 8 heteroatoms. The van der Waals surface area contributed by atoms with Crippen LogP contribution in [-0.4, -0.2) is 44.5 Å². The Bertz CT molecular complexity index is 806. The lowest BCUT2D eigenvalue weighted by molar-refractivity contribution is -0.00123. The zero-order valence-corrected chi connectivity index (χ0v) is 12.4. The van der Waals surface area contributed by atoms with Crippen molar-refractivity contribution in [3.63, 3.8) is 0 Å². The van der Waals surface area contributed by atoms with E-state index in [0.29, 0.717) is 0 Å². The van der Waals surface area contributed by atoms with Crippen molar-refractivity contribution in [1.82, 2.24) is 0 Å². The zero-order valence-electron chi connectivity index (χ0n) is 12.4. The Morgan fingerprint density at radius 3 is 2.17 bits per heavy atom. The van der Waals surface area contributed by atoms with Gasteiger partial charge in [-0.2, -0.15) is 0 Å². The molecule has 0 bridgehead atoms. The molecule has 0 radical (unpaired) electrons. The third-order valence-electron chi connectivity index (χ3n) is 3.77. The minimum Gasteiger partial charge on any atom is -0.508 e. The number of Topliss-reactive ketones (excluding diaryl/α,β-unsaturated/α-hetero) is 1. The van der Waals surface area contributed by atoms with Gasteiger partial charge in [-0.1, -0.05) is 0 Å². The van der Waals surface area contributed by atoms with Crippen molar-refractivity contribution in [1.29, 1.82) is 0 Å². The highest BCUT2D eigenvalue weighted by Crippen LogP contribution is 2.45. The van der Waals surface area contributed by atoms with Crippen molar-refractivity contribution in [2.45, 2.75) is 12.2 Å². The monoisotopic (exact) mass is 334 g/mol. The third kappa shape index (κ3) is 2.33. The molecule has 2 atom stereocenters. The van der Waals surface area contributed by atoms with E-state index >= 15 is 0 Å². The quantitative estimate of drug-likeness (QED) is 0.522. The molecular formula is C16H14O8. The lowest BCUT2D eigenvalue weighted by Gasteiger charge is -2.32. The number of ketones is 1. The second kappa shape index (κ2) is 5.50. The maximum Gasteiger partial charge on any atom is 0.203 e. The summed E-state index contributed by atoms with van der Waals surface area (Å²) in [5.41, 5.74) is 0.0274. The Labute approximate surface area is 135 Å². The number of phenolic OH excluding ortho intramolecular Hbond substituents is 5. The van der Waals surface area contributed by atoms with Crippen LogP contribution >= 0.6 is 0 Å². The first kappa shape index (κ1) is 15.8. The SMILES string of the molecule is COC1C(=O)c2c(O)cc(O)cc2OC1c1cc(O)c(O)c(O)c1. The first-order valence-electron chi connectivity index (χ1n) is 6.88. The summed E-state index contributed by atoms with van der Waals surface area (Å²) in [6.07, 6.45) is -2.25. The molecule has 2 unspecified atom stereocenters. The maximum absolute atomic E-state index is 12.6. The van der Waals surface area contributed by atoms with Crippen LogP contribution in [0.2, 0.25) is 0 Å². The van der Waals surface area contributed by atoms with Gasteiger partial charge >= 0.3 is 0 Å². The van der Waals surface area contributed by atoms with Gasteiger partial charge in [0.1, 0.15) is 22.8 Å². The van der Waals surface area contributed by atoms with Gasteiger partial charge in [0.15, 0.2) is 29.5 Å². The van der Waals surface area contributed by atoms with Gasteiger partial charge in [0.2, 0.25) is 5.78 Å². The van der Waals surface area contributed by atoms with E-state index in [-0.39, 0.29) is 22.6 Å². The summed E-state index contributed by atoms with van der Waals surface area (Å²) < 4.78 is 10.8. The topological polar surface area (TPSA) is 137 Å². The lowest BCUT2D eigenvalue weighted by atomic mass is 9.92. The third-order valence-corrected chi connectivity index (χ3v) is 3.77. The second-order valence-electron chi connectivity index (χ2n) is 5.30. The first-order valence-corrected chi connectivity index (χ1v) is 6.88. The van der Waals surface area contributed by atoms with E-state index in [1.807, 2.05) is 0 Å². The van der Waals surface area contributed by atoms with E-state index in [9.17, 15) is 30.3 Å². The van der Waals surface area contributed by atoms with Crippen LogP contribution < -0.4 is 4.74 Å². The highest BCUT2D eigenvalue weighted by molar-refractivity contribution is 6.05. The molecule has 1 heterocycles. The Morgan fingerprint density at radius 2 is 1.58 bits per heavy atom. The van der Waals surface area contributed by atoms with Crippen LogP contribution in [0.15, 0.2) is 24.3 Å². The number of fused-ring (bicyclic) bond motifs is 1. The number of hydrogen-bond acceptors (Lipinski definition) is 8. The molecule has 0 spiro atoms. The van der Waals surface area contributed by atoms with Gasteiger partial charge < -0.3 is 35.0 Å². The van der Waals surface area contributed by atoms with Crippen molar-refractivity contribution < 1.29 is 39.8 Å². The van der Waals surface area contributed by atoms with Gasteiger partial charge in [0.05, 0.1) is 0 Å². The molecule has 126 valence electrons. The second-order valence-corrected chi connectivity index (χ2v) is 5.30. The molecule has 8 nitrogen and oxygen atoms in total. The van der Waals surface area contributed by atoms with Crippen LogP contribution in [-0.2, 0) is 4.74 Å². The number of aromatic hydroxyl groups is 5.